The molecule has 1 heterocycles. The van der Waals surface area contributed by atoms with E-state index in [2.05, 4.69) is 20.6 Å². The molecule has 4 N–H and O–H groups in total. The van der Waals surface area contributed by atoms with E-state index in [1.54, 1.807) is 6.07 Å². The van der Waals surface area contributed by atoms with E-state index in [1.807, 2.05) is 13.8 Å². The molecule has 0 saturated heterocycles. The summed E-state index contributed by atoms with van der Waals surface area (Å²) in [5, 5.41) is 5.79. The minimum absolute atomic E-state index is 0.0107. The molecule has 0 aliphatic heterocycles. The van der Waals surface area contributed by atoms with Crippen molar-refractivity contribution in [2.75, 3.05) is 18.4 Å². The van der Waals surface area contributed by atoms with E-state index < -0.39 is 0 Å². The second kappa shape index (κ2) is 7.63. The van der Waals surface area contributed by atoms with Crippen LogP contribution >= 0.6 is 12.2 Å². The van der Waals surface area contributed by atoms with Gasteiger partial charge in [0.15, 0.2) is 0 Å². The fourth-order valence-electron chi connectivity index (χ4n) is 1.41. The first kappa shape index (κ1) is 15.3. The standard InChI is InChI=1S/C12H19N5OS/c1-3-5-14-10(18)4-6-15-12-16-8(2)7-9(17-12)11(13)19/h7H,3-6H2,1-2H3,(H2,13,19)(H,14,18)(H,15,16,17). The van der Waals surface area contributed by atoms with E-state index in [4.69, 9.17) is 18.0 Å². The number of rotatable bonds is 7. The predicted octanol–water partition coefficient (Wildman–Crippen LogP) is 0.747. The molecule has 1 amide bonds. The molecular weight excluding hydrogens is 262 g/mol. The lowest BCUT2D eigenvalue weighted by Crippen LogP contribution is -2.26. The van der Waals surface area contributed by atoms with Gasteiger partial charge in [0, 0.05) is 25.2 Å². The summed E-state index contributed by atoms with van der Waals surface area (Å²) in [7, 11) is 0. The Bertz CT molecular complexity index is 463. The van der Waals surface area contributed by atoms with E-state index in [9.17, 15) is 4.79 Å². The highest BCUT2D eigenvalue weighted by Gasteiger charge is 2.05. The summed E-state index contributed by atoms with van der Waals surface area (Å²) in [5.41, 5.74) is 6.83. The predicted molar refractivity (Wildman–Crippen MR) is 79.1 cm³/mol. The Labute approximate surface area is 118 Å². The van der Waals surface area contributed by atoms with Gasteiger partial charge in [0.1, 0.15) is 10.7 Å². The number of aryl methyl sites for hydroxylation is 1. The van der Waals surface area contributed by atoms with Gasteiger partial charge in [-0.05, 0) is 19.4 Å². The average molecular weight is 281 g/mol. The minimum Gasteiger partial charge on any atom is -0.388 e. The molecule has 0 unspecified atom stereocenters. The van der Waals surface area contributed by atoms with Crippen molar-refractivity contribution >= 4 is 29.1 Å². The highest BCUT2D eigenvalue weighted by Crippen LogP contribution is 2.04. The van der Waals surface area contributed by atoms with E-state index in [0.29, 0.717) is 31.2 Å². The molecule has 0 radical (unpaired) electrons. The molecule has 1 aromatic heterocycles. The Kier molecular flexibility index (Phi) is 6.14. The summed E-state index contributed by atoms with van der Waals surface area (Å²) in [6, 6.07) is 1.72. The van der Waals surface area contributed by atoms with Gasteiger partial charge in [-0.2, -0.15) is 0 Å². The van der Waals surface area contributed by atoms with Crippen molar-refractivity contribution in [1.82, 2.24) is 15.3 Å². The number of amides is 1. The fourth-order valence-corrected chi connectivity index (χ4v) is 1.52. The minimum atomic E-state index is 0.0107. The summed E-state index contributed by atoms with van der Waals surface area (Å²) in [5.74, 6) is 0.447. The van der Waals surface area contributed by atoms with Crippen LogP contribution in [0.25, 0.3) is 0 Å². The number of nitrogens with two attached hydrogens (primary N) is 1. The van der Waals surface area contributed by atoms with Crippen molar-refractivity contribution in [3.8, 4) is 0 Å². The molecule has 1 rings (SSSR count). The quantitative estimate of drug-likeness (QED) is 0.639. The zero-order chi connectivity index (χ0) is 14.3. The van der Waals surface area contributed by atoms with E-state index in [0.717, 1.165) is 12.1 Å². The number of hydrogen-bond acceptors (Lipinski definition) is 5. The van der Waals surface area contributed by atoms with Crippen molar-refractivity contribution in [3.05, 3.63) is 17.5 Å². The topological polar surface area (TPSA) is 92.9 Å². The van der Waals surface area contributed by atoms with Crippen LogP contribution in [0.15, 0.2) is 6.07 Å². The highest BCUT2D eigenvalue weighted by atomic mass is 32.1. The first-order valence-corrected chi connectivity index (χ1v) is 6.59. The van der Waals surface area contributed by atoms with Crippen LogP contribution in [0.5, 0.6) is 0 Å². The van der Waals surface area contributed by atoms with Gasteiger partial charge in [-0.25, -0.2) is 9.97 Å². The highest BCUT2D eigenvalue weighted by molar-refractivity contribution is 7.80. The number of anilines is 1. The molecule has 0 fully saturated rings. The third kappa shape index (κ3) is 5.60. The number of thiocarbonyl (C=S) groups is 1. The van der Waals surface area contributed by atoms with Gasteiger partial charge in [0.05, 0.1) is 0 Å². The van der Waals surface area contributed by atoms with Gasteiger partial charge < -0.3 is 16.4 Å². The molecule has 7 heteroatoms. The lowest BCUT2D eigenvalue weighted by molar-refractivity contribution is -0.120. The van der Waals surface area contributed by atoms with Crippen molar-refractivity contribution < 1.29 is 4.79 Å². The van der Waals surface area contributed by atoms with Gasteiger partial charge in [0.2, 0.25) is 11.9 Å². The van der Waals surface area contributed by atoms with Crippen LogP contribution in [-0.4, -0.2) is 34.0 Å². The molecule has 0 bridgehead atoms. The molecule has 6 nitrogen and oxygen atoms in total. The van der Waals surface area contributed by atoms with Crippen LogP contribution in [0.2, 0.25) is 0 Å². The van der Waals surface area contributed by atoms with Gasteiger partial charge in [-0.1, -0.05) is 19.1 Å². The summed E-state index contributed by atoms with van der Waals surface area (Å²) in [6.07, 6.45) is 1.30. The van der Waals surface area contributed by atoms with Crippen LogP contribution in [0.3, 0.4) is 0 Å². The molecule has 0 atom stereocenters. The van der Waals surface area contributed by atoms with E-state index in [1.165, 1.54) is 0 Å². The molecule has 0 aliphatic carbocycles. The van der Waals surface area contributed by atoms with Crippen molar-refractivity contribution in [2.24, 2.45) is 5.73 Å². The number of carbonyl (C=O) groups is 1. The lowest BCUT2D eigenvalue weighted by atomic mass is 10.3. The number of carbonyl (C=O) groups excluding carboxylic acids is 1. The molecule has 1 aromatic rings. The van der Waals surface area contributed by atoms with Crippen LogP contribution in [0, 0.1) is 6.92 Å². The Morgan fingerprint density at radius 3 is 2.79 bits per heavy atom. The molecule has 104 valence electrons. The Hall–Kier alpha value is -1.76. The van der Waals surface area contributed by atoms with Crippen LogP contribution in [0.1, 0.15) is 31.2 Å². The SMILES string of the molecule is CCCNC(=O)CCNc1nc(C)cc(C(N)=S)n1. The molecule has 0 aliphatic rings. The first-order valence-electron chi connectivity index (χ1n) is 6.19. The van der Waals surface area contributed by atoms with Gasteiger partial charge in [-0.3, -0.25) is 4.79 Å². The van der Waals surface area contributed by atoms with Gasteiger partial charge in [-0.15, -0.1) is 0 Å². The Morgan fingerprint density at radius 2 is 2.16 bits per heavy atom. The molecule has 0 spiro atoms. The van der Waals surface area contributed by atoms with E-state index in [-0.39, 0.29) is 10.9 Å². The maximum Gasteiger partial charge on any atom is 0.223 e. The van der Waals surface area contributed by atoms with E-state index >= 15 is 0 Å². The summed E-state index contributed by atoms with van der Waals surface area (Å²) in [6.45, 7) is 5.01. The number of nitrogens with zero attached hydrogens (tertiary/aromatic N) is 2. The fraction of sp³-hybridized carbons (Fsp3) is 0.500. The zero-order valence-electron chi connectivity index (χ0n) is 11.2. The largest absolute Gasteiger partial charge is 0.388 e. The molecule has 0 aromatic carbocycles. The number of nitrogens with one attached hydrogen (secondary N) is 2. The molecule has 19 heavy (non-hydrogen) atoms. The Morgan fingerprint density at radius 1 is 1.42 bits per heavy atom. The van der Waals surface area contributed by atoms with Crippen LogP contribution in [0.4, 0.5) is 5.95 Å². The number of aromatic nitrogens is 2. The van der Waals surface area contributed by atoms with Crippen molar-refractivity contribution in [2.45, 2.75) is 26.7 Å². The lowest BCUT2D eigenvalue weighted by Gasteiger charge is -2.07. The van der Waals surface area contributed by atoms with Gasteiger partial charge in [0.25, 0.3) is 0 Å². The summed E-state index contributed by atoms with van der Waals surface area (Å²) >= 11 is 4.88. The smallest absolute Gasteiger partial charge is 0.223 e. The maximum absolute atomic E-state index is 11.4. The first-order chi connectivity index (χ1) is 9.02. The van der Waals surface area contributed by atoms with Crippen molar-refractivity contribution in [1.29, 1.82) is 0 Å². The molecular formula is C12H19N5OS. The average Bonchev–Trinajstić information content (AvgIpc) is 2.35. The second-order valence-corrected chi connectivity index (χ2v) is 4.55. The summed E-state index contributed by atoms with van der Waals surface area (Å²) in [4.78, 5) is 20.0. The van der Waals surface area contributed by atoms with Crippen molar-refractivity contribution in [3.63, 3.8) is 0 Å². The summed E-state index contributed by atoms with van der Waals surface area (Å²) < 4.78 is 0. The monoisotopic (exact) mass is 281 g/mol. The van der Waals surface area contributed by atoms with Gasteiger partial charge >= 0.3 is 0 Å². The maximum atomic E-state index is 11.4. The second-order valence-electron chi connectivity index (χ2n) is 4.11. The molecule has 0 saturated carbocycles. The normalized spacial score (nSPS) is 10.0. The van der Waals surface area contributed by atoms with Crippen LogP contribution < -0.4 is 16.4 Å². The third-order valence-electron chi connectivity index (χ3n) is 2.31. The van der Waals surface area contributed by atoms with Crippen LogP contribution in [-0.2, 0) is 4.79 Å². The Balaban J connectivity index is 2.49. The third-order valence-corrected chi connectivity index (χ3v) is 2.52. The number of hydrogen-bond donors (Lipinski definition) is 3. The zero-order valence-corrected chi connectivity index (χ0v) is 12.0.